The predicted octanol–water partition coefficient (Wildman–Crippen LogP) is 0.923. The third-order valence-corrected chi connectivity index (χ3v) is 2.13. The van der Waals surface area contributed by atoms with Crippen LogP contribution in [-0.2, 0) is 9.84 Å². The van der Waals surface area contributed by atoms with E-state index in [1.54, 1.807) is 0 Å². The zero-order chi connectivity index (χ0) is 9.68. The van der Waals surface area contributed by atoms with E-state index in [0.29, 0.717) is 13.0 Å². The number of hydrogen-bond acceptors (Lipinski definition) is 3. The number of nitrogens with zero attached hydrogens (tertiary/aromatic N) is 1. The van der Waals surface area contributed by atoms with Crippen molar-refractivity contribution in [2.45, 2.75) is 25.5 Å². The molecule has 1 radical (unpaired) electrons. The molecule has 0 aromatic carbocycles. The SMILES string of the molecule is [O]CCCN1CCCC1OC(=O)O. The maximum absolute atomic E-state index is 10.3. The fourth-order valence-corrected chi connectivity index (χ4v) is 1.57. The molecule has 1 aliphatic heterocycles. The maximum atomic E-state index is 10.3. The summed E-state index contributed by atoms with van der Waals surface area (Å²) in [6.07, 6.45) is 0.671. The molecule has 5 heteroatoms. The molecule has 0 saturated carbocycles. The molecule has 5 nitrogen and oxygen atoms in total. The van der Waals surface area contributed by atoms with Crippen LogP contribution in [0.15, 0.2) is 0 Å². The molecule has 1 fully saturated rings. The highest BCUT2D eigenvalue weighted by Crippen LogP contribution is 2.18. The summed E-state index contributed by atoms with van der Waals surface area (Å²) >= 11 is 0. The molecule has 0 aliphatic carbocycles. The number of ether oxygens (including phenoxy) is 1. The van der Waals surface area contributed by atoms with Gasteiger partial charge in [0, 0.05) is 13.1 Å². The van der Waals surface area contributed by atoms with Crippen molar-refractivity contribution in [1.29, 1.82) is 0 Å². The van der Waals surface area contributed by atoms with Crippen LogP contribution in [0.1, 0.15) is 19.3 Å². The quantitative estimate of drug-likeness (QED) is 0.666. The Kier molecular flexibility index (Phi) is 3.98. The van der Waals surface area contributed by atoms with Crippen molar-refractivity contribution < 1.29 is 19.7 Å². The van der Waals surface area contributed by atoms with Crippen molar-refractivity contribution in [3.05, 3.63) is 0 Å². The number of likely N-dealkylation sites (tertiary alicyclic amines) is 1. The van der Waals surface area contributed by atoms with Crippen LogP contribution in [0.4, 0.5) is 4.79 Å². The van der Waals surface area contributed by atoms with Gasteiger partial charge in [-0.3, -0.25) is 4.90 Å². The molecule has 1 rings (SSSR count). The van der Waals surface area contributed by atoms with E-state index in [0.717, 1.165) is 19.4 Å². The van der Waals surface area contributed by atoms with Crippen molar-refractivity contribution >= 4 is 6.16 Å². The van der Waals surface area contributed by atoms with Gasteiger partial charge in [-0.2, -0.15) is 0 Å². The average molecular weight is 188 g/mol. The van der Waals surface area contributed by atoms with Gasteiger partial charge in [0.15, 0.2) is 6.23 Å². The molecule has 1 heterocycles. The standard InChI is InChI=1S/C8H14NO4/c10-6-2-5-9-4-1-3-7(9)13-8(11)12/h7H,1-6H2,(H,11,12). The number of rotatable bonds is 4. The van der Waals surface area contributed by atoms with Crippen LogP contribution in [0.2, 0.25) is 0 Å². The van der Waals surface area contributed by atoms with Gasteiger partial charge >= 0.3 is 6.16 Å². The molecular weight excluding hydrogens is 174 g/mol. The molecule has 1 saturated heterocycles. The molecule has 75 valence electrons. The Balaban J connectivity index is 2.30. The van der Waals surface area contributed by atoms with Crippen LogP contribution in [0.25, 0.3) is 0 Å². The Morgan fingerprint density at radius 2 is 2.38 bits per heavy atom. The zero-order valence-corrected chi connectivity index (χ0v) is 7.44. The lowest BCUT2D eigenvalue weighted by atomic mass is 10.4. The minimum Gasteiger partial charge on any atom is -0.450 e. The van der Waals surface area contributed by atoms with E-state index in [1.807, 2.05) is 4.90 Å². The lowest BCUT2D eigenvalue weighted by Crippen LogP contribution is -2.34. The molecule has 1 unspecified atom stereocenters. The second-order valence-corrected chi connectivity index (χ2v) is 3.07. The third-order valence-electron chi connectivity index (χ3n) is 2.13. The molecule has 0 spiro atoms. The fraction of sp³-hybridized carbons (Fsp3) is 0.875. The Morgan fingerprint density at radius 1 is 1.62 bits per heavy atom. The molecule has 1 aliphatic rings. The van der Waals surface area contributed by atoms with Crippen LogP contribution in [0.3, 0.4) is 0 Å². The molecule has 13 heavy (non-hydrogen) atoms. The van der Waals surface area contributed by atoms with Crippen molar-refractivity contribution in [2.24, 2.45) is 0 Å². The van der Waals surface area contributed by atoms with Gasteiger partial charge in [-0.05, 0) is 19.3 Å². The van der Waals surface area contributed by atoms with Crippen molar-refractivity contribution in [3.8, 4) is 0 Å². The molecule has 1 atom stereocenters. The van der Waals surface area contributed by atoms with Gasteiger partial charge in [-0.15, -0.1) is 0 Å². The third kappa shape index (κ3) is 3.20. The summed E-state index contributed by atoms with van der Waals surface area (Å²) in [7, 11) is 0. The van der Waals surface area contributed by atoms with Crippen LogP contribution >= 0.6 is 0 Å². The minimum absolute atomic E-state index is 0.115. The zero-order valence-electron chi connectivity index (χ0n) is 7.44. The lowest BCUT2D eigenvalue weighted by Gasteiger charge is -2.22. The normalized spacial score (nSPS) is 23.3. The Bertz CT molecular complexity index is 174. The average Bonchev–Trinajstić information content (AvgIpc) is 2.48. The molecule has 1 N–H and O–H groups in total. The largest absolute Gasteiger partial charge is 0.507 e. The fourth-order valence-electron chi connectivity index (χ4n) is 1.57. The van der Waals surface area contributed by atoms with E-state index >= 15 is 0 Å². The molecular formula is C8H14NO4. The summed E-state index contributed by atoms with van der Waals surface area (Å²) in [4.78, 5) is 12.2. The summed E-state index contributed by atoms with van der Waals surface area (Å²) in [5.74, 6) is 0. The van der Waals surface area contributed by atoms with Gasteiger partial charge < -0.3 is 9.84 Å². The highest BCUT2D eigenvalue weighted by molar-refractivity contribution is 5.57. The second-order valence-electron chi connectivity index (χ2n) is 3.07. The first-order valence-corrected chi connectivity index (χ1v) is 4.46. The van der Waals surface area contributed by atoms with E-state index < -0.39 is 6.16 Å². The van der Waals surface area contributed by atoms with Crippen LogP contribution in [0.5, 0.6) is 0 Å². The highest BCUT2D eigenvalue weighted by atomic mass is 16.7. The second kappa shape index (κ2) is 5.04. The minimum atomic E-state index is -1.24. The Labute approximate surface area is 76.9 Å². The first kappa shape index (κ1) is 10.3. The summed E-state index contributed by atoms with van der Waals surface area (Å²) in [6.45, 7) is 1.36. The molecule has 0 aromatic rings. The van der Waals surface area contributed by atoms with E-state index in [-0.39, 0.29) is 12.8 Å². The van der Waals surface area contributed by atoms with Crippen molar-refractivity contribution in [2.75, 3.05) is 19.7 Å². The topological polar surface area (TPSA) is 69.7 Å². The van der Waals surface area contributed by atoms with Crippen LogP contribution < -0.4 is 0 Å². The molecule has 0 amide bonds. The Hall–Kier alpha value is -0.810. The highest BCUT2D eigenvalue weighted by Gasteiger charge is 2.26. The van der Waals surface area contributed by atoms with Crippen molar-refractivity contribution in [3.63, 3.8) is 0 Å². The van der Waals surface area contributed by atoms with Crippen LogP contribution in [0, 0.1) is 0 Å². The summed E-state index contributed by atoms with van der Waals surface area (Å²) in [5.41, 5.74) is 0. The van der Waals surface area contributed by atoms with Gasteiger partial charge in [-0.1, -0.05) is 0 Å². The Morgan fingerprint density at radius 3 is 3.00 bits per heavy atom. The number of carboxylic acid groups (broad SMARTS) is 1. The maximum Gasteiger partial charge on any atom is 0.507 e. The molecule has 0 aromatic heterocycles. The van der Waals surface area contributed by atoms with Gasteiger partial charge in [-0.25, -0.2) is 9.90 Å². The van der Waals surface area contributed by atoms with E-state index in [1.165, 1.54) is 0 Å². The van der Waals surface area contributed by atoms with Crippen molar-refractivity contribution in [1.82, 2.24) is 4.90 Å². The van der Waals surface area contributed by atoms with Crippen LogP contribution in [-0.4, -0.2) is 42.1 Å². The van der Waals surface area contributed by atoms with Gasteiger partial charge in [0.05, 0.1) is 6.61 Å². The van der Waals surface area contributed by atoms with Gasteiger partial charge in [0.1, 0.15) is 0 Å². The summed E-state index contributed by atoms with van der Waals surface area (Å²) < 4.78 is 4.66. The number of hydrogen-bond donors (Lipinski definition) is 1. The molecule has 0 bridgehead atoms. The van der Waals surface area contributed by atoms with E-state index in [2.05, 4.69) is 4.74 Å². The number of carbonyl (C=O) groups is 1. The first-order chi connectivity index (χ1) is 6.24. The van der Waals surface area contributed by atoms with Gasteiger partial charge in [0.25, 0.3) is 0 Å². The van der Waals surface area contributed by atoms with Gasteiger partial charge in [0.2, 0.25) is 0 Å². The predicted molar refractivity (Wildman–Crippen MR) is 43.9 cm³/mol. The van der Waals surface area contributed by atoms with E-state index in [9.17, 15) is 9.90 Å². The smallest absolute Gasteiger partial charge is 0.450 e. The summed E-state index contributed by atoms with van der Waals surface area (Å²) in [5, 5.41) is 18.6. The van der Waals surface area contributed by atoms with E-state index in [4.69, 9.17) is 5.11 Å². The summed E-state index contributed by atoms with van der Waals surface area (Å²) in [6, 6.07) is 0. The monoisotopic (exact) mass is 188 g/mol. The lowest BCUT2D eigenvalue weighted by molar-refractivity contribution is -0.0159. The first-order valence-electron chi connectivity index (χ1n) is 4.46.